The third kappa shape index (κ3) is 3.28. The number of carbonyl (C=O) groups is 1. The van der Waals surface area contributed by atoms with Gasteiger partial charge in [-0.3, -0.25) is 4.79 Å². The van der Waals surface area contributed by atoms with E-state index < -0.39 is 11.9 Å². The molecular formula is C11H18N2O2S. The first-order valence-electron chi connectivity index (χ1n) is 5.32. The molecule has 4 nitrogen and oxygen atoms in total. The summed E-state index contributed by atoms with van der Waals surface area (Å²) >= 11 is 1.60. The van der Waals surface area contributed by atoms with Crippen LogP contribution in [-0.4, -0.2) is 22.1 Å². The lowest BCUT2D eigenvalue weighted by Crippen LogP contribution is -2.37. The molecule has 2 N–H and O–H groups in total. The molecule has 1 heterocycles. The van der Waals surface area contributed by atoms with Crippen molar-refractivity contribution in [3.05, 3.63) is 16.1 Å². The lowest BCUT2D eigenvalue weighted by atomic mass is 10.0. The number of aryl methyl sites for hydroxylation is 1. The summed E-state index contributed by atoms with van der Waals surface area (Å²) in [5.74, 6) is -1.17. The van der Waals surface area contributed by atoms with Gasteiger partial charge in [-0.2, -0.15) is 0 Å². The molecule has 0 radical (unpaired) electrons. The molecule has 0 amide bonds. The van der Waals surface area contributed by atoms with Crippen LogP contribution in [0.2, 0.25) is 0 Å². The van der Waals surface area contributed by atoms with Crippen molar-refractivity contribution in [3.63, 3.8) is 0 Å². The average Bonchev–Trinajstić information content (AvgIpc) is 2.63. The standard InChI is InChI=1S/C11H18N2O2S/c1-6-5-16-10(12-6)9(4)13-8(3)7(2)11(14)15/h5,7-9,13H,1-4H3,(H,14,15). The van der Waals surface area contributed by atoms with E-state index in [0.29, 0.717) is 0 Å². The van der Waals surface area contributed by atoms with E-state index in [-0.39, 0.29) is 12.1 Å². The number of carboxylic acid groups (broad SMARTS) is 1. The minimum atomic E-state index is -0.775. The number of aromatic nitrogens is 1. The molecule has 1 aromatic rings. The molecule has 5 heteroatoms. The van der Waals surface area contributed by atoms with Crippen LogP contribution in [0.25, 0.3) is 0 Å². The van der Waals surface area contributed by atoms with Crippen molar-refractivity contribution >= 4 is 17.3 Å². The Hall–Kier alpha value is -0.940. The molecular weight excluding hydrogens is 224 g/mol. The summed E-state index contributed by atoms with van der Waals surface area (Å²) in [6, 6.07) is 0.0206. The van der Waals surface area contributed by atoms with Crippen LogP contribution < -0.4 is 5.32 Å². The van der Waals surface area contributed by atoms with Crippen LogP contribution in [-0.2, 0) is 4.79 Å². The van der Waals surface area contributed by atoms with Crippen molar-refractivity contribution in [3.8, 4) is 0 Å². The van der Waals surface area contributed by atoms with Crippen LogP contribution in [0.5, 0.6) is 0 Å². The highest BCUT2D eigenvalue weighted by Gasteiger charge is 2.21. The maximum Gasteiger partial charge on any atom is 0.307 e. The first kappa shape index (κ1) is 13.1. The van der Waals surface area contributed by atoms with Gasteiger partial charge in [-0.1, -0.05) is 6.92 Å². The Kier molecular flexibility index (Phi) is 4.44. The maximum absolute atomic E-state index is 10.8. The molecule has 0 saturated heterocycles. The number of aliphatic carboxylic acids is 1. The van der Waals surface area contributed by atoms with Gasteiger partial charge in [-0.15, -0.1) is 11.3 Å². The molecule has 3 unspecified atom stereocenters. The highest BCUT2D eigenvalue weighted by molar-refractivity contribution is 7.09. The highest BCUT2D eigenvalue weighted by Crippen LogP contribution is 2.19. The molecule has 16 heavy (non-hydrogen) atoms. The van der Waals surface area contributed by atoms with Crippen molar-refractivity contribution in [1.82, 2.24) is 10.3 Å². The average molecular weight is 242 g/mol. The molecule has 0 aliphatic carbocycles. The Bertz CT molecular complexity index is 365. The zero-order chi connectivity index (χ0) is 12.3. The second kappa shape index (κ2) is 5.41. The summed E-state index contributed by atoms with van der Waals surface area (Å²) in [6.45, 7) is 7.55. The fourth-order valence-electron chi connectivity index (χ4n) is 1.39. The van der Waals surface area contributed by atoms with Gasteiger partial charge in [-0.05, 0) is 20.8 Å². The predicted octanol–water partition coefficient (Wildman–Crippen LogP) is 2.21. The highest BCUT2D eigenvalue weighted by atomic mass is 32.1. The van der Waals surface area contributed by atoms with Gasteiger partial charge in [0, 0.05) is 17.1 Å². The van der Waals surface area contributed by atoms with E-state index in [0.717, 1.165) is 10.7 Å². The minimum Gasteiger partial charge on any atom is -0.481 e. The Morgan fingerprint density at radius 2 is 2.12 bits per heavy atom. The molecule has 0 saturated carbocycles. The van der Waals surface area contributed by atoms with Crippen molar-refractivity contribution in [2.45, 2.75) is 39.8 Å². The SMILES string of the molecule is Cc1csc(C(C)NC(C)C(C)C(=O)O)n1. The number of nitrogens with zero attached hydrogens (tertiary/aromatic N) is 1. The summed E-state index contributed by atoms with van der Waals surface area (Å²) in [7, 11) is 0. The van der Waals surface area contributed by atoms with Crippen LogP contribution >= 0.6 is 11.3 Å². The molecule has 90 valence electrons. The quantitative estimate of drug-likeness (QED) is 0.831. The molecule has 3 atom stereocenters. The normalized spacial score (nSPS) is 16.8. The predicted molar refractivity (Wildman–Crippen MR) is 64.7 cm³/mol. The van der Waals surface area contributed by atoms with E-state index in [1.54, 1.807) is 18.3 Å². The molecule has 0 aliphatic rings. The Morgan fingerprint density at radius 3 is 2.56 bits per heavy atom. The van der Waals surface area contributed by atoms with Gasteiger partial charge in [0.2, 0.25) is 0 Å². The summed E-state index contributed by atoms with van der Waals surface area (Å²) in [5, 5.41) is 15.1. The third-order valence-electron chi connectivity index (χ3n) is 2.66. The van der Waals surface area contributed by atoms with Gasteiger partial charge >= 0.3 is 5.97 Å². The molecule has 0 aromatic carbocycles. The maximum atomic E-state index is 10.8. The van der Waals surface area contributed by atoms with E-state index >= 15 is 0 Å². The molecule has 0 spiro atoms. The van der Waals surface area contributed by atoms with Gasteiger partial charge in [0.25, 0.3) is 0 Å². The number of thiazole rings is 1. The van der Waals surface area contributed by atoms with Crippen molar-refractivity contribution in [2.75, 3.05) is 0 Å². The Labute approximate surface area is 99.7 Å². The molecule has 0 bridgehead atoms. The Balaban J connectivity index is 2.57. The fourth-order valence-corrected chi connectivity index (χ4v) is 2.21. The molecule has 1 rings (SSSR count). The molecule has 1 aromatic heterocycles. The topological polar surface area (TPSA) is 62.2 Å². The van der Waals surface area contributed by atoms with E-state index in [1.807, 2.05) is 26.2 Å². The molecule has 0 fully saturated rings. The summed E-state index contributed by atoms with van der Waals surface area (Å²) in [5.41, 5.74) is 1.01. The minimum absolute atomic E-state index is 0.0725. The number of carboxylic acids is 1. The number of hydrogen-bond donors (Lipinski definition) is 2. The van der Waals surface area contributed by atoms with Crippen LogP contribution in [0.3, 0.4) is 0 Å². The first-order chi connectivity index (χ1) is 7.41. The van der Waals surface area contributed by atoms with E-state index in [2.05, 4.69) is 10.3 Å². The summed E-state index contributed by atoms with van der Waals surface area (Å²) in [6.07, 6.45) is 0. The first-order valence-corrected chi connectivity index (χ1v) is 6.20. The van der Waals surface area contributed by atoms with Crippen LogP contribution in [0.4, 0.5) is 0 Å². The number of rotatable bonds is 5. The molecule has 0 aliphatic heterocycles. The van der Waals surface area contributed by atoms with E-state index in [1.165, 1.54) is 0 Å². The van der Waals surface area contributed by atoms with Crippen molar-refractivity contribution in [1.29, 1.82) is 0 Å². The van der Waals surface area contributed by atoms with Gasteiger partial charge in [-0.25, -0.2) is 4.98 Å². The Morgan fingerprint density at radius 1 is 1.50 bits per heavy atom. The van der Waals surface area contributed by atoms with Gasteiger partial charge in [0.1, 0.15) is 5.01 Å². The van der Waals surface area contributed by atoms with Gasteiger partial charge in [0.05, 0.1) is 12.0 Å². The second-order valence-electron chi connectivity index (χ2n) is 4.13. The summed E-state index contributed by atoms with van der Waals surface area (Å²) < 4.78 is 0. The van der Waals surface area contributed by atoms with E-state index in [9.17, 15) is 4.79 Å². The zero-order valence-electron chi connectivity index (χ0n) is 10.0. The van der Waals surface area contributed by atoms with E-state index in [4.69, 9.17) is 5.11 Å². The van der Waals surface area contributed by atoms with Gasteiger partial charge in [0.15, 0.2) is 0 Å². The van der Waals surface area contributed by atoms with Gasteiger partial charge < -0.3 is 10.4 Å². The fraction of sp³-hybridized carbons (Fsp3) is 0.636. The summed E-state index contributed by atoms with van der Waals surface area (Å²) in [4.78, 5) is 15.2. The monoisotopic (exact) mass is 242 g/mol. The smallest absolute Gasteiger partial charge is 0.307 e. The van der Waals surface area contributed by atoms with Crippen LogP contribution in [0.1, 0.15) is 37.5 Å². The lowest BCUT2D eigenvalue weighted by Gasteiger charge is -2.21. The zero-order valence-corrected chi connectivity index (χ0v) is 10.8. The number of nitrogens with one attached hydrogen (secondary N) is 1. The second-order valence-corrected chi connectivity index (χ2v) is 5.02. The van der Waals surface area contributed by atoms with Crippen molar-refractivity contribution in [2.24, 2.45) is 5.92 Å². The van der Waals surface area contributed by atoms with Crippen LogP contribution in [0, 0.1) is 12.8 Å². The number of hydrogen-bond acceptors (Lipinski definition) is 4. The largest absolute Gasteiger partial charge is 0.481 e. The van der Waals surface area contributed by atoms with Crippen LogP contribution in [0.15, 0.2) is 5.38 Å². The lowest BCUT2D eigenvalue weighted by molar-refractivity contribution is -0.142. The van der Waals surface area contributed by atoms with Crippen molar-refractivity contribution < 1.29 is 9.90 Å². The third-order valence-corrected chi connectivity index (χ3v) is 3.80.